The molecule has 0 radical (unpaired) electrons. The van der Waals surface area contributed by atoms with Gasteiger partial charge < -0.3 is 15.2 Å². The van der Waals surface area contributed by atoms with Gasteiger partial charge in [0.25, 0.3) is 0 Å². The fourth-order valence-corrected chi connectivity index (χ4v) is 5.17. The predicted octanol–water partition coefficient (Wildman–Crippen LogP) is 7.13. The molecule has 1 aromatic heterocycles. The van der Waals surface area contributed by atoms with Crippen molar-refractivity contribution < 1.29 is 32.6 Å². The summed E-state index contributed by atoms with van der Waals surface area (Å²) in [6.07, 6.45) is -2.54. The number of carbonyl (C=O) groups is 2. The number of benzene rings is 3. The van der Waals surface area contributed by atoms with Crippen LogP contribution in [0.3, 0.4) is 0 Å². The van der Waals surface area contributed by atoms with Crippen LogP contribution in [0.15, 0.2) is 90.6 Å². The minimum absolute atomic E-state index is 0.0631. The summed E-state index contributed by atoms with van der Waals surface area (Å²) in [5.41, 5.74) is 2.30. The van der Waals surface area contributed by atoms with E-state index in [2.05, 4.69) is 5.32 Å². The lowest BCUT2D eigenvalue weighted by atomic mass is 10.0. The van der Waals surface area contributed by atoms with E-state index in [0.29, 0.717) is 18.8 Å². The molecule has 4 rings (SSSR count). The van der Waals surface area contributed by atoms with E-state index in [1.54, 1.807) is 35.6 Å². The van der Waals surface area contributed by atoms with Crippen molar-refractivity contribution in [2.75, 3.05) is 6.61 Å². The van der Waals surface area contributed by atoms with Crippen molar-refractivity contribution in [2.45, 2.75) is 38.9 Å². The normalized spacial score (nSPS) is 12.5. The van der Waals surface area contributed by atoms with Crippen LogP contribution >= 0.6 is 11.3 Å². The van der Waals surface area contributed by atoms with Crippen LogP contribution in [-0.4, -0.2) is 34.5 Å². The number of carbonyl (C=O) groups excluding carboxylic acids is 1. The molecular formula is C32H29F3N2O4S. The largest absolute Gasteiger partial charge is 0.493 e. The fourth-order valence-electron chi connectivity index (χ4n) is 4.21. The van der Waals surface area contributed by atoms with Crippen molar-refractivity contribution in [2.24, 2.45) is 0 Å². The SMILES string of the molecule is C/C(=C\C(=O)c1ccc(C(F)(F)F)cc1)N[C@@H](Cc1ccc(OCCc2nc(-c3ccccc3)sc2C)cc1)C(=O)O. The number of aryl methyl sites for hydroxylation is 1. The average Bonchev–Trinajstić information content (AvgIpc) is 3.33. The first-order valence-corrected chi connectivity index (χ1v) is 13.9. The second-order valence-electron chi connectivity index (χ2n) is 9.64. The molecule has 10 heteroatoms. The summed E-state index contributed by atoms with van der Waals surface area (Å²) in [5, 5.41) is 13.5. The van der Waals surface area contributed by atoms with Crippen LogP contribution in [0.2, 0.25) is 0 Å². The molecule has 0 fully saturated rings. The summed E-state index contributed by atoms with van der Waals surface area (Å²) in [4.78, 5) is 30.2. The molecule has 0 spiro atoms. The fraction of sp³-hybridized carbons (Fsp3) is 0.219. The van der Waals surface area contributed by atoms with Crippen LogP contribution in [0.1, 0.15) is 39.0 Å². The van der Waals surface area contributed by atoms with Crippen LogP contribution in [0, 0.1) is 6.92 Å². The molecule has 0 aliphatic rings. The number of allylic oxidation sites excluding steroid dienone is 2. The molecule has 1 heterocycles. The smallest absolute Gasteiger partial charge is 0.416 e. The summed E-state index contributed by atoms with van der Waals surface area (Å²) in [5.74, 6) is -1.00. The van der Waals surface area contributed by atoms with Gasteiger partial charge in [0.15, 0.2) is 5.78 Å². The molecule has 0 saturated carbocycles. The van der Waals surface area contributed by atoms with Crippen LogP contribution < -0.4 is 10.1 Å². The lowest BCUT2D eigenvalue weighted by Crippen LogP contribution is -2.37. The number of aliphatic carboxylic acids is 1. The van der Waals surface area contributed by atoms with E-state index >= 15 is 0 Å². The van der Waals surface area contributed by atoms with Gasteiger partial charge in [-0.1, -0.05) is 54.6 Å². The highest BCUT2D eigenvalue weighted by Crippen LogP contribution is 2.29. The number of nitrogens with zero attached hydrogens (tertiary/aromatic N) is 1. The average molecular weight is 595 g/mol. The highest BCUT2D eigenvalue weighted by atomic mass is 32.1. The summed E-state index contributed by atoms with van der Waals surface area (Å²) < 4.78 is 44.2. The standard InChI is InChI=1S/C32H29F3N2O4S/c1-20(18-29(38)23-10-12-25(13-11-23)32(33,34)35)36-28(31(39)40)19-22-8-14-26(15-9-22)41-17-16-27-21(2)42-30(37-27)24-6-4-3-5-7-24/h3-15,18,28,36H,16-17,19H2,1-2H3,(H,39,40)/b20-18+/t28-/m0/s1. The van der Waals surface area contributed by atoms with Gasteiger partial charge in [0.2, 0.25) is 0 Å². The van der Waals surface area contributed by atoms with Gasteiger partial charge in [-0.25, -0.2) is 9.78 Å². The third kappa shape index (κ3) is 8.29. The van der Waals surface area contributed by atoms with Gasteiger partial charge in [0.1, 0.15) is 16.8 Å². The quantitative estimate of drug-likeness (QED) is 0.134. The lowest BCUT2D eigenvalue weighted by Gasteiger charge is -2.16. The van der Waals surface area contributed by atoms with E-state index in [4.69, 9.17) is 9.72 Å². The van der Waals surface area contributed by atoms with E-state index in [0.717, 1.165) is 51.0 Å². The third-order valence-electron chi connectivity index (χ3n) is 6.43. The van der Waals surface area contributed by atoms with Crippen molar-refractivity contribution in [1.29, 1.82) is 0 Å². The molecule has 0 unspecified atom stereocenters. The number of nitrogens with one attached hydrogen (secondary N) is 1. The summed E-state index contributed by atoms with van der Waals surface area (Å²) in [6.45, 7) is 4.01. The molecule has 4 aromatic rings. The molecule has 6 nitrogen and oxygen atoms in total. The monoisotopic (exact) mass is 594 g/mol. The van der Waals surface area contributed by atoms with Crippen molar-refractivity contribution in [3.63, 3.8) is 0 Å². The van der Waals surface area contributed by atoms with E-state index in [1.807, 2.05) is 37.3 Å². The lowest BCUT2D eigenvalue weighted by molar-refractivity contribution is -0.139. The van der Waals surface area contributed by atoms with Gasteiger partial charge in [0.05, 0.1) is 17.9 Å². The zero-order chi connectivity index (χ0) is 30.3. The Balaban J connectivity index is 1.30. The van der Waals surface area contributed by atoms with Crippen molar-refractivity contribution in [3.8, 4) is 16.3 Å². The first kappa shape index (κ1) is 30.5. The number of alkyl halides is 3. The minimum Gasteiger partial charge on any atom is -0.493 e. The number of thiazole rings is 1. The van der Waals surface area contributed by atoms with Gasteiger partial charge in [-0.2, -0.15) is 13.2 Å². The van der Waals surface area contributed by atoms with Crippen LogP contribution in [0.25, 0.3) is 10.6 Å². The summed E-state index contributed by atoms with van der Waals surface area (Å²) in [7, 11) is 0. The Bertz CT molecular complexity index is 1550. The first-order chi connectivity index (χ1) is 20.0. The Kier molecular flexibility index (Phi) is 9.80. The van der Waals surface area contributed by atoms with Crippen LogP contribution in [0.5, 0.6) is 5.75 Å². The number of rotatable bonds is 12. The Morgan fingerprint density at radius 1 is 1.02 bits per heavy atom. The Morgan fingerprint density at radius 2 is 1.69 bits per heavy atom. The maximum Gasteiger partial charge on any atom is 0.416 e. The maximum atomic E-state index is 12.8. The summed E-state index contributed by atoms with van der Waals surface area (Å²) >= 11 is 1.65. The maximum absolute atomic E-state index is 12.8. The molecule has 0 amide bonds. The van der Waals surface area contributed by atoms with Crippen LogP contribution in [0.4, 0.5) is 13.2 Å². The van der Waals surface area contributed by atoms with Crippen molar-refractivity contribution in [3.05, 3.63) is 118 Å². The topological polar surface area (TPSA) is 88.5 Å². The second kappa shape index (κ2) is 13.5. The van der Waals surface area contributed by atoms with Gasteiger partial charge in [-0.3, -0.25) is 4.79 Å². The second-order valence-corrected chi connectivity index (χ2v) is 10.8. The third-order valence-corrected chi connectivity index (χ3v) is 7.49. The molecule has 42 heavy (non-hydrogen) atoms. The van der Waals surface area contributed by atoms with E-state index < -0.39 is 29.5 Å². The molecule has 2 N–H and O–H groups in total. The highest BCUT2D eigenvalue weighted by Gasteiger charge is 2.30. The minimum atomic E-state index is -4.50. The van der Waals surface area contributed by atoms with Gasteiger partial charge in [-0.05, 0) is 43.7 Å². The highest BCUT2D eigenvalue weighted by molar-refractivity contribution is 7.15. The molecule has 1 atom stereocenters. The number of hydrogen-bond donors (Lipinski definition) is 2. The number of ether oxygens (including phenoxy) is 1. The zero-order valence-electron chi connectivity index (χ0n) is 22.9. The van der Waals surface area contributed by atoms with Crippen LogP contribution in [-0.2, 0) is 23.8 Å². The summed E-state index contributed by atoms with van der Waals surface area (Å²) in [6, 6.07) is 19.9. The van der Waals surface area contributed by atoms with Gasteiger partial charge in [-0.15, -0.1) is 11.3 Å². The molecule has 218 valence electrons. The first-order valence-electron chi connectivity index (χ1n) is 13.1. The van der Waals surface area contributed by atoms with Crippen molar-refractivity contribution in [1.82, 2.24) is 10.3 Å². The van der Waals surface area contributed by atoms with Crippen molar-refractivity contribution >= 4 is 23.1 Å². The Labute approximate surface area is 245 Å². The molecule has 0 aliphatic carbocycles. The molecule has 0 bridgehead atoms. The van der Waals surface area contributed by atoms with E-state index in [1.165, 1.54) is 13.0 Å². The number of aromatic nitrogens is 1. The molecular weight excluding hydrogens is 565 g/mol. The Hall–Kier alpha value is -4.44. The van der Waals surface area contributed by atoms with Gasteiger partial charge in [0, 0.05) is 40.6 Å². The van der Waals surface area contributed by atoms with E-state index in [-0.39, 0.29) is 17.7 Å². The number of hydrogen-bond acceptors (Lipinski definition) is 6. The number of ketones is 1. The molecule has 0 saturated heterocycles. The van der Waals surface area contributed by atoms with Gasteiger partial charge >= 0.3 is 12.1 Å². The number of carboxylic acids is 1. The zero-order valence-corrected chi connectivity index (χ0v) is 23.8. The Morgan fingerprint density at radius 3 is 2.31 bits per heavy atom. The van der Waals surface area contributed by atoms with E-state index in [9.17, 15) is 27.9 Å². The molecule has 3 aromatic carbocycles. The number of halogens is 3. The number of carboxylic acid groups (broad SMARTS) is 1. The predicted molar refractivity (Wildman–Crippen MR) is 156 cm³/mol. The molecule has 0 aliphatic heterocycles.